The maximum absolute atomic E-state index is 12.5. The summed E-state index contributed by atoms with van der Waals surface area (Å²) in [6.45, 7) is -0.0955. The predicted octanol–water partition coefficient (Wildman–Crippen LogP) is 1.91. The number of benzene rings is 1. The average Bonchev–Trinajstić information content (AvgIpc) is 2.17. The van der Waals surface area contributed by atoms with E-state index in [4.69, 9.17) is 5.73 Å². The van der Waals surface area contributed by atoms with Gasteiger partial charge < -0.3 is 5.73 Å². The van der Waals surface area contributed by atoms with Gasteiger partial charge in [-0.2, -0.15) is 0 Å². The molecule has 1 atom stereocenters. The van der Waals surface area contributed by atoms with E-state index in [1.807, 2.05) is 0 Å². The summed E-state index contributed by atoms with van der Waals surface area (Å²) in [5, 5.41) is 0. The lowest BCUT2D eigenvalue weighted by Crippen LogP contribution is -2.18. The van der Waals surface area contributed by atoms with Crippen molar-refractivity contribution in [3.63, 3.8) is 0 Å². The molecular weight excluding hydrogens is 172 g/mol. The molecule has 1 rings (SSSR count). The summed E-state index contributed by atoms with van der Waals surface area (Å²) in [5.41, 5.74) is 6.27. The van der Waals surface area contributed by atoms with Crippen LogP contribution < -0.4 is 5.73 Å². The average molecular weight is 185 g/mol. The molecule has 0 saturated carbocycles. The van der Waals surface area contributed by atoms with Crippen LogP contribution in [0.2, 0.25) is 0 Å². The molecule has 13 heavy (non-hydrogen) atoms. The first-order valence-electron chi connectivity index (χ1n) is 4.26. The van der Waals surface area contributed by atoms with Gasteiger partial charge in [-0.15, -0.1) is 0 Å². The van der Waals surface area contributed by atoms with Gasteiger partial charge in [-0.3, -0.25) is 4.39 Å². The van der Waals surface area contributed by atoms with Crippen molar-refractivity contribution in [1.82, 2.24) is 0 Å². The quantitative estimate of drug-likeness (QED) is 0.761. The van der Waals surface area contributed by atoms with Crippen LogP contribution in [0.1, 0.15) is 5.56 Å². The highest BCUT2D eigenvalue weighted by molar-refractivity contribution is 5.16. The minimum Gasteiger partial charge on any atom is -0.330 e. The Labute approximate surface area is 76.6 Å². The lowest BCUT2D eigenvalue weighted by molar-refractivity contribution is 0.365. The Bertz CT molecular complexity index is 242. The highest BCUT2D eigenvalue weighted by Gasteiger charge is 2.06. The SMILES string of the molecule is NCC(CF)Cc1ccc(F)cc1. The first-order chi connectivity index (χ1) is 6.26. The molecule has 0 aromatic heterocycles. The normalized spacial score (nSPS) is 12.8. The summed E-state index contributed by atoms with van der Waals surface area (Å²) >= 11 is 0. The summed E-state index contributed by atoms with van der Waals surface area (Å²) in [6.07, 6.45) is 0.577. The van der Waals surface area contributed by atoms with Gasteiger partial charge in [0.2, 0.25) is 0 Å². The third-order valence-electron chi connectivity index (χ3n) is 1.99. The van der Waals surface area contributed by atoms with Crippen LogP contribution in [0.5, 0.6) is 0 Å². The number of hydrogen-bond donors (Lipinski definition) is 1. The van der Waals surface area contributed by atoms with Crippen molar-refractivity contribution in [1.29, 1.82) is 0 Å². The third-order valence-corrected chi connectivity index (χ3v) is 1.99. The molecule has 1 nitrogen and oxygen atoms in total. The molecule has 0 aliphatic carbocycles. The molecular formula is C10H13F2N. The summed E-state index contributed by atoms with van der Waals surface area (Å²) in [4.78, 5) is 0. The fourth-order valence-corrected chi connectivity index (χ4v) is 1.15. The van der Waals surface area contributed by atoms with Crippen LogP contribution in [0.25, 0.3) is 0 Å². The maximum atomic E-state index is 12.5. The first kappa shape index (κ1) is 10.1. The minimum atomic E-state index is -0.423. The van der Waals surface area contributed by atoms with Crippen molar-refractivity contribution in [3.05, 3.63) is 35.6 Å². The number of halogens is 2. The molecule has 0 bridgehead atoms. The van der Waals surface area contributed by atoms with E-state index in [0.717, 1.165) is 5.56 Å². The van der Waals surface area contributed by atoms with E-state index in [2.05, 4.69) is 0 Å². The van der Waals surface area contributed by atoms with Crippen LogP contribution >= 0.6 is 0 Å². The second kappa shape index (κ2) is 4.92. The topological polar surface area (TPSA) is 26.0 Å². The van der Waals surface area contributed by atoms with Crippen molar-refractivity contribution in [2.45, 2.75) is 6.42 Å². The maximum Gasteiger partial charge on any atom is 0.123 e. The molecule has 3 heteroatoms. The predicted molar refractivity (Wildman–Crippen MR) is 48.6 cm³/mol. The van der Waals surface area contributed by atoms with Gasteiger partial charge in [0.15, 0.2) is 0 Å². The number of rotatable bonds is 4. The zero-order valence-electron chi connectivity index (χ0n) is 7.34. The highest BCUT2D eigenvalue weighted by atomic mass is 19.1. The van der Waals surface area contributed by atoms with E-state index in [0.29, 0.717) is 13.0 Å². The Hall–Kier alpha value is -0.960. The van der Waals surface area contributed by atoms with Gasteiger partial charge in [0, 0.05) is 5.92 Å². The van der Waals surface area contributed by atoms with Crippen LogP contribution in [0.3, 0.4) is 0 Å². The summed E-state index contributed by atoms with van der Waals surface area (Å²) in [7, 11) is 0. The minimum absolute atomic E-state index is 0.148. The van der Waals surface area contributed by atoms with E-state index in [1.165, 1.54) is 12.1 Å². The number of hydrogen-bond acceptors (Lipinski definition) is 1. The molecule has 2 N–H and O–H groups in total. The van der Waals surface area contributed by atoms with Crippen LogP contribution in [0.4, 0.5) is 8.78 Å². The zero-order chi connectivity index (χ0) is 9.68. The van der Waals surface area contributed by atoms with Gasteiger partial charge in [-0.05, 0) is 30.7 Å². The summed E-state index contributed by atoms with van der Waals surface area (Å²) in [5.74, 6) is -0.418. The van der Waals surface area contributed by atoms with E-state index in [1.54, 1.807) is 12.1 Å². The van der Waals surface area contributed by atoms with E-state index < -0.39 is 6.67 Å². The monoisotopic (exact) mass is 185 g/mol. The van der Waals surface area contributed by atoms with Crippen LogP contribution in [0.15, 0.2) is 24.3 Å². The first-order valence-corrected chi connectivity index (χ1v) is 4.26. The molecule has 1 aromatic rings. The lowest BCUT2D eigenvalue weighted by Gasteiger charge is -2.09. The van der Waals surface area contributed by atoms with Crippen LogP contribution in [-0.2, 0) is 6.42 Å². The molecule has 0 heterocycles. The Morgan fingerprint density at radius 3 is 2.31 bits per heavy atom. The van der Waals surface area contributed by atoms with Gasteiger partial charge in [0.25, 0.3) is 0 Å². The van der Waals surface area contributed by atoms with Crippen molar-refractivity contribution >= 4 is 0 Å². The second-order valence-electron chi connectivity index (χ2n) is 3.09. The molecule has 1 aromatic carbocycles. The van der Waals surface area contributed by atoms with Crippen molar-refractivity contribution in [2.24, 2.45) is 11.7 Å². The van der Waals surface area contributed by atoms with Gasteiger partial charge in [0.05, 0.1) is 6.67 Å². The zero-order valence-corrected chi connectivity index (χ0v) is 7.34. The second-order valence-corrected chi connectivity index (χ2v) is 3.09. The van der Waals surface area contributed by atoms with Crippen molar-refractivity contribution < 1.29 is 8.78 Å². The molecule has 0 amide bonds. The van der Waals surface area contributed by atoms with Crippen molar-refractivity contribution in [3.8, 4) is 0 Å². The lowest BCUT2D eigenvalue weighted by atomic mass is 10.0. The van der Waals surface area contributed by atoms with Crippen molar-refractivity contribution in [2.75, 3.05) is 13.2 Å². The van der Waals surface area contributed by atoms with Gasteiger partial charge in [0.1, 0.15) is 5.82 Å². The molecule has 72 valence electrons. The molecule has 0 aliphatic rings. The Morgan fingerprint density at radius 2 is 1.85 bits per heavy atom. The summed E-state index contributed by atoms with van der Waals surface area (Å²) < 4.78 is 24.8. The smallest absolute Gasteiger partial charge is 0.123 e. The van der Waals surface area contributed by atoms with Gasteiger partial charge in [-0.1, -0.05) is 12.1 Å². The Kier molecular flexibility index (Phi) is 3.83. The molecule has 0 spiro atoms. The molecule has 0 saturated heterocycles. The van der Waals surface area contributed by atoms with E-state index in [9.17, 15) is 8.78 Å². The highest BCUT2D eigenvalue weighted by Crippen LogP contribution is 2.09. The Balaban J connectivity index is 2.58. The summed E-state index contributed by atoms with van der Waals surface area (Å²) in [6, 6.07) is 6.07. The van der Waals surface area contributed by atoms with E-state index in [-0.39, 0.29) is 11.7 Å². The Morgan fingerprint density at radius 1 is 1.23 bits per heavy atom. The number of alkyl halides is 1. The molecule has 1 unspecified atom stereocenters. The number of nitrogens with two attached hydrogens (primary N) is 1. The van der Waals surface area contributed by atoms with Crippen LogP contribution in [-0.4, -0.2) is 13.2 Å². The standard InChI is InChI=1S/C10H13F2N/c11-6-9(7-13)5-8-1-3-10(12)4-2-8/h1-4,9H,5-7,13H2. The third kappa shape index (κ3) is 3.11. The molecule has 0 radical (unpaired) electrons. The fraction of sp³-hybridized carbons (Fsp3) is 0.400. The van der Waals surface area contributed by atoms with E-state index >= 15 is 0 Å². The van der Waals surface area contributed by atoms with Gasteiger partial charge in [-0.25, -0.2) is 4.39 Å². The van der Waals surface area contributed by atoms with Gasteiger partial charge >= 0.3 is 0 Å². The molecule has 0 fully saturated rings. The largest absolute Gasteiger partial charge is 0.330 e. The van der Waals surface area contributed by atoms with Crippen LogP contribution in [0, 0.1) is 11.7 Å². The molecule has 0 aliphatic heterocycles. The fourth-order valence-electron chi connectivity index (χ4n) is 1.15.